The lowest BCUT2D eigenvalue weighted by Gasteiger charge is -2.35. The van der Waals surface area contributed by atoms with Crippen molar-refractivity contribution < 1.29 is 4.43 Å². The molecule has 1 heterocycles. The summed E-state index contributed by atoms with van der Waals surface area (Å²) in [5.41, 5.74) is 1.42. The molecule has 1 nitrogen and oxygen atoms in total. The standard InChI is InChI=1S/C15H30OSi/c1-6-7-8-9-10-15-11-12-16-17(15,13(2)3)14(4)5/h10,13-14H,6-9,11-12H2,1-5H3. The van der Waals surface area contributed by atoms with Gasteiger partial charge in [-0.1, -0.05) is 58.7 Å². The van der Waals surface area contributed by atoms with E-state index in [0.717, 1.165) is 6.61 Å². The van der Waals surface area contributed by atoms with Crippen LogP contribution in [0.1, 0.15) is 66.7 Å². The van der Waals surface area contributed by atoms with Crippen molar-refractivity contribution in [3.05, 3.63) is 11.3 Å². The third kappa shape index (κ3) is 3.23. The highest BCUT2D eigenvalue weighted by Gasteiger charge is 2.48. The Morgan fingerprint density at radius 3 is 2.35 bits per heavy atom. The van der Waals surface area contributed by atoms with E-state index in [-0.39, 0.29) is 0 Å². The van der Waals surface area contributed by atoms with Gasteiger partial charge >= 0.3 is 0 Å². The fourth-order valence-corrected chi connectivity index (χ4v) is 8.36. The van der Waals surface area contributed by atoms with Crippen LogP contribution in [-0.4, -0.2) is 14.9 Å². The number of rotatable bonds is 6. The largest absolute Gasteiger partial charge is 0.412 e. The summed E-state index contributed by atoms with van der Waals surface area (Å²) in [6.07, 6.45) is 9.03. The van der Waals surface area contributed by atoms with Crippen molar-refractivity contribution in [2.45, 2.75) is 77.8 Å². The molecule has 0 spiro atoms. The number of hydrogen-bond acceptors (Lipinski definition) is 1. The van der Waals surface area contributed by atoms with Crippen LogP contribution >= 0.6 is 0 Å². The highest BCUT2D eigenvalue weighted by molar-refractivity contribution is 6.83. The van der Waals surface area contributed by atoms with Crippen molar-refractivity contribution in [1.29, 1.82) is 0 Å². The second kappa shape index (κ2) is 6.74. The SMILES string of the molecule is CCCCCC=C1CCO[Si]1(C(C)C)C(C)C. The Morgan fingerprint density at radius 2 is 1.82 bits per heavy atom. The van der Waals surface area contributed by atoms with Crippen molar-refractivity contribution in [2.24, 2.45) is 0 Å². The molecule has 0 radical (unpaired) electrons. The molecule has 17 heavy (non-hydrogen) atoms. The van der Waals surface area contributed by atoms with E-state index in [1.807, 2.05) is 0 Å². The molecule has 0 saturated carbocycles. The lowest BCUT2D eigenvalue weighted by molar-refractivity contribution is 0.329. The molecule has 0 aromatic carbocycles. The summed E-state index contributed by atoms with van der Waals surface area (Å²) >= 11 is 0. The number of hydrogen-bond donors (Lipinski definition) is 0. The lowest BCUT2D eigenvalue weighted by atomic mass is 10.2. The van der Waals surface area contributed by atoms with E-state index in [2.05, 4.69) is 40.7 Å². The van der Waals surface area contributed by atoms with Gasteiger partial charge in [0.2, 0.25) is 8.32 Å². The zero-order valence-corrected chi connectivity index (χ0v) is 13.4. The van der Waals surface area contributed by atoms with Crippen LogP contribution in [0.2, 0.25) is 11.1 Å². The third-order valence-corrected chi connectivity index (χ3v) is 9.70. The van der Waals surface area contributed by atoms with E-state index in [1.54, 1.807) is 5.20 Å². The van der Waals surface area contributed by atoms with Crippen LogP contribution in [0, 0.1) is 0 Å². The molecule has 0 aromatic heterocycles. The van der Waals surface area contributed by atoms with Gasteiger partial charge in [0.1, 0.15) is 0 Å². The minimum Gasteiger partial charge on any atom is -0.412 e. The summed E-state index contributed by atoms with van der Waals surface area (Å²) in [6.45, 7) is 12.7. The summed E-state index contributed by atoms with van der Waals surface area (Å²) in [5, 5.41) is 1.71. The van der Waals surface area contributed by atoms with Gasteiger partial charge < -0.3 is 4.43 Å². The summed E-state index contributed by atoms with van der Waals surface area (Å²) in [5.74, 6) is 0. The molecule has 1 fully saturated rings. The van der Waals surface area contributed by atoms with Gasteiger partial charge in [-0.2, -0.15) is 0 Å². The van der Waals surface area contributed by atoms with Crippen LogP contribution in [0.15, 0.2) is 11.3 Å². The van der Waals surface area contributed by atoms with E-state index in [4.69, 9.17) is 4.43 Å². The van der Waals surface area contributed by atoms with Crippen LogP contribution in [0.4, 0.5) is 0 Å². The summed E-state index contributed by atoms with van der Waals surface area (Å²) < 4.78 is 6.30. The fourth-order valence-electron chi connectivity index (χ4n) is 3.29. The van der Waals surface area contributed by atoms with E-state index in [1.165, 1.54) is 32.1 Å². The number of unbranched alkanes of at least 4 members (excludes halogenated alkanes) is 3. The first-order valence-electron chi connectivity index (χ1n) is 7.39. The Labute approximate surface area is 109 Å². The molecule has 1 aliphatic rings. The predicted octanol–water partition coefficient (Wildman–Crippen LogP) is 5.22. The smallest absolute Gasteiger partial charge is 0.225 e. The zero-order valence-electron chi connectivity index (χ0n) is 12.4. The maximum absolute atomic E-state index is 6.30. The maximum Gasteiger partial charge on any atom is 0.225 e. The minimum atomic E-state index is -1.62. The molecular formula is C15H30OSi. The minimum absolute atomic E-state index is 0.711. The second-order valence-corrected chi connectivity index (χ2v) is 10.8. The molecule has 0 aliphatic carbocycles. The molecule has 0 bridgehead atoms. The number of allylic oxidation sites excluding steroid dienone is 1. The van der Waals surface area contributed by atoms with E-state index < -0.39 is 8.32 Å². The zero-order chi connectivity index (χ0) is 12.9. The van der Waals surface area contributed by atoms with Gasteiger partial charge in [0.15, 0.2) is 0 Å². The van der Waals surface area contributed by atoms with Gasteiger partial charge in [-0.25, -0.2) is 0 Å². The van der Waals surface area contributed by atoms with Gasteiger partial charge in [-0.05, 0) is 30.3 Å². The lowest BCUT2D eigenvalue weighted by Crippen LogP contribution is -2.43. The molecule has 0 aromatic rings. The molecule has 1 saturated heterocycles. The molecule has 2 heteroatoms. The second-order valence-electron chi connectivity index (χ2n) is 5.93. The summed E-state index contributed by atoms with van der Waals surface area (Å²) in [7, 11) is -1.62. The van der Waals surface area contributed by atoms with Gasteiger partial charge in [-0.3, -0.25) is 0 Å². The van der Waals surface area contributed by atoms with Gasteiger partial charge in [0, 0.05) is 6.61 Å². The topological polar surface area (TPSA) is 9.23 Å². The molecule has 100 valence electrons. The molecule has 0 atom stereocenters. The third-order valence-electron chi connectivity index (χ3n) is 4.13. The van der Waals surface area contributed by atoms with Crippen LogP contribution < -0.4 is 0 Å². The average Bonchev–Trinajstić information content (AvgIpc) is 2.69. The molecule has 0 amide bonds. The van der Waals surface area contributed by atoms with Crippen molar-refractivity contribution in [1.82, 2.24) is 0 Å². The van der Waals surface area contributed by atoms with Gasteiger partial charge in [-0.15, -0.1) is 0 Å². The van der Waals surface area contributed by atoms with Crippen LogP contribution in [0.5, 0.6) is 0 Å². The van der Waals surface area contributed by atoms with Crippen molar-refractivity contribution in [3.8, 4) is 0 Å². The monoisotopic (exact) mass is 254 g/mol. The normalized spacial score (nSPS) is 21.9. The Hall–Kier alpha value is -0.0831. The van der Waals surface area contributed by atoms with Crippen molar-refractivity contribution >= 4 is 8.32 Å². The van der Waals surface area contributed by atoms with Crippen LogP contribution in [-0.2, 0) is 4.43 Å². The first-order chi connectivity index (χ1) is 8.05. The van der Waals surface area contributed by atoms with E-state index in [9.17, 15) is 0 Å². The van der Waals surface area contributed by atoms with Gasteiger partial charge in [0.05, 0.1) is 0 Å². The highest BCUT2D eigenvalue weighted by atomic mass is 28.4. The summed E-state index contributed by atoms with van der Waals surface area (Å²) in [4.78, 5) is 0. The fraction of sp³-hybridized carbons (Fsp3) is 0.867. The highest BCUT2D eigenvalue weighted by Crippen LogP contribution is 2.44. The van der Waals surface area contributed by atoms with E-state index >= 15 is 0 Å². The Balaban J connectivity index is 2.75. The summed E-state index contributed by atoms with van der Waals surface area (Å²) in [6, 6.07) is 0. The molecule has 0 unspecified atom stereocenters. The molecule has 1 aliphatic heterocycles. The average molecular weight is 254 g/mol. The van der Waals surface area contributed by atoms with Crippen molar-refractivity contribution in [2.75, 3.05) is 6.61 Å². The quantitative estimate of drug-likeness (QED) is 0.466. The Kier molecular flexibility index (Phi) is 5.94. The molecule has 1 rings (SSSR count). The van der Waals surface area contributed by atoms with Crippen LogP contribution in [0.3, 0.4) is 0 Å². The van der Waals surface area contributed by atoms with E-state index in [0.29, 0.717) is 11.1 Å². The first-order valence-corrected chi connectivity index (χ1v) is 9.45. The molecular weight excluding hydrogens is 224 g/mol. The van der Waals surface area contributed by atoms with Crippen molar-refractivity contribution in [3.63, 3.8) is 0 Å². The van der Waals surface area contributed by atoms with Gasteiger partial charge in [0.25, 0.3) is 0 Å². The van der Waals surface area contributed by atoms with Crippen LogP contribution in [0.25, 0.3) is 0 Å². The Morgan fingerprint density at radius 1 is 1.18 bits per heavy atom. The Bertz CT molecular complexity index is 248. The first kappa shape index (κ1) is 15.0. The molecule has 0 N–H and O–H groups in total. The predicted molar refractivity (Wildman–Crippen MR) is 78.7 cm³/mol. The maximum atomic E-state index is 6.30.